The molecular weight excluding hydrogens is 308 g/mol. The van der Waals surface area contributed by atoms with Crippen LogP contribution in [0.1, 0.15) is 27.0 Å². The minimum Gasteiger partial charge on any atom is -0.456 e. The Labute approximate surface area is 132 Å². The van der Waals surface area contributed by atoms with Crippen molar-refractivity contribution in [1.82, 2.24) is 9.55 Å². The van der Waals surface area contributed by atoms with Crippen LogP contribution in [0.2, 0.25) is 0 Å². The van der Waals surface area contributed by atoms with Crippen LogP contribution in [0.25, 0.3) is 0 Å². The van der Waals surface area contributed by atoms with Gasteiger partial charge in [0.25, 0.3) is 0 Å². The Bertz CT molecular complexity index is 572. The summed E-state index contributed by atoms with van der Waals surface area (Å²) in [4.78, 5) is 38.0. The van der Waals surface area contributed by atoms with E-state index in [-0.39, 0.29) is 6.61 Å². The Balaban J connectivity index is 2.31. The van der Waals surface area contributed by atoms with Gasteiger partial charge in [0, 0.05) is 33.2 Å². The molecule has 9 nitrogen and oxygen atoms in total. The first-order chi connectivity index (χ1) is 10.9. The zero-order valence-electron chi connectivity index (χ0n) is 13.0. The lowest BCUT2D eigenvalue weighted by Crippen LogP contribution is -2.55. The van der Waals surface area contributed by atoms with Gasteiger partial charge in [-0.3, -0.25) is 14.4 Å². The minimum atomic E-state index is -0.985. The second kappa shape index (κ2) is 7.23. The van der Waals surface area contributed by atoms with E-state index >= 15 is 0 Å². The fourth-order valence-corrected chi connectivity index (χ4v) is 2.40. The van der Waals surface area contributed by atoms with Crippen LogP contribution in [0.5, 0.6) is 0 Å². The molecule has 1 fully saturated rings. The van der Waals surface area contributed by atoms with E-state index in [1.54, 1.807) is 10.8 Å². The van der Waals surface area contributed by atoms with Gasteiger partial charge in [0.1, 0.15) is 0 Å². The summed E-state index contributed by atoms with van der Waals surface area (Å²) >= 11 is 0. The van der Waals surface area contributed by atoms with E-state index in [0.717, 1.165) is 0 Å². The van der Waals surface area contributed by atoms with Gasteiger partial charge in [0.2, 0.25) is 0 Å². The molecule has 0 spiro atoms. The molecule has 1 aliphatic rings. The van der Waals surface area contributed by atoms with Crippen molar-refractivity contribution >= 4 is 17.9 Å². The van der Waals surface area contributed by atoms with Crippen molar-refractivity contribution in [3.05, 3.63) is 18.7 Å². The average Bonchev–Trinajstić information content (AvgIpc) is 2.94. The van der Waals surface area contributed by atoms with Gasteiger partial charge in [0.15, 0.2) is 24.5 Å². The summed E-state index contributed by atoms with van der Waals surface area (Å²) < 4.78 is 22.9. The maximum atomic E-state index is 11.4. The van der Waals surface area contributed by atoms with Crippen LogP contribution in [0, 0.1) is 0 Å². The molecule has 0 amide bonds. The van der Waals surface area contributed by atoms with Crippen LogP contribution in [0.3, 0.4) is 0 Å². The number of esters is 3. The van der Waals surface area contributed by atoms with Crippen LogP contribution in [-0.4, -0.2) is 52.4 Å². The largest absolute Gasteiger partial charge is 0.456 e. The topological polar surface area (TPSA) is 106 Å². The lowest BCUT2D eigenvalue weighted by Gasteiger charge is -2.40. The molecule has 1 aromatic heterocycles. The van der Waals surface area contributed by atoms with Crippen molar-refractivity contribution in [2.45, 2.75) is 45.3 Å². The smallest absolute Gasteiger partial charge is 0.303 e. The second-order valence-corrected chi connectivity index (χ2v) is 5.03. The fraction of sp³-hybridized carbons (Fsp3) is 0.571. The predicted octanol–water partition coefficient (Wildman–Crippen LogP) is 0.207. The third kappa shape index (κ3) is 4.28. The highest BCUT2D eigenvalue weighted by atomic mass is 16.6. The van der Waals surface area contributed by atoms with Gasteiger partial charge >= 0.3 is 17.9 Å². The zero-order valence-corrected chi connectivity index (χ0v) is 13.0. The summed E-state index contributed by atoms with van der Waals surface area (Å²) in [5.41, 5.74) is 0. The summed E-state index contributed by atoms with van der Waals surface area (Å²) in [6, 6.07) is 0. The Morgan fingerprint density at radius 1 is 1.04 bits per heavy atom. The summed E-state index contributed by atoms with van der Waals surface area (Å²) in [6.07, 6.45) is 1.05. The molecule has 0 bridgehead atoms. The first-order valence-corrected chi connectivity index (χ1v) is 6.99. The molecule has 0 aromatic carbocycles. The lowest BCUT2D eigenvalue weighted by molar-refractivity contribution is -0.239. The molecule has 0 unspecified atom stereocenters. The molecule has 0 radical (unpaired) electrons. The Morgan fingerprint density at radius 2 is 1.65 bits per heavy atom. The number of hydrogen-bond acceptors (Lipinski definition) is 8. The summed E-state index contributed by atoms with van der Waals surface area (Å²) in [7, 11) is 0. The van der Waals surface area contributed by atoms with E-state index in [2.05, 4.69) is 4.98 Å². The minimum absolute atomic E-state index is 0.0157. The van der Waals surface area contributed by atoms with E-state index in [1.165, 1.54) is 33.3 Å². The number of imidazole rings is 1. The number of carbonyl (C=O) groups excluding carboxylic acids is 3. The van der Waals surface area contributed by atoms with Gasteiger partial charge in [0.05, 0.1) is 12.9 Å². The van der Waals surface area contributed by atoms with Gasteiger partial charge in [-0.2, -0.15) is 0 Å². The number of aromatic nitrogens is 2. The summed E-state index contributed by atoms with van der Waals surface area (Å²) in [5, 5.41) is 0. The molecule has 1 aromatic rings. The Morgan fingerprint density at radius 3 is 2.17 bits per heavy atom. The van der Waals surface area contributed by atoms with Crippen molar-refractivity contribution in [3.8, 4) is 0 Å². The lowest BCUT2D eigenvalue weighted by atomic mass is 10.0. The van der Waals surface area contributed by atoms with Gasteiger partial charge < -0.3 is 23.5 Å². The Kier molecular flexibility index (Phi) is 5.32. The summed E-state index contributed by atoms with van der Waals surface area (Å²) in [6.45, 7) is 3.66. The molecule has 2 rings (SSSR count). The van der Waals surface area contributed by atoms with Crippen molar-refractivity contribution in [1.29, 1.82) is 0 Å². The molecule has 0 aliphatic carbocycles. The van der Waals surface area contributed by atoms with E-state index in [9.17, 15) is 14.4 Å². The van der Waals surface area contributed by atoms with Gasteiger partial charge in [-0.05, 0) is 0 Å². The molecule has 1 saturated heterocycles. The molecule has 126 valence electrons. The molecule has 4 atom stereocenters. The fourth-order valence-electron chi connectivity index (χ4n) is 2.40. The quantitative estimate of drug-likeness (QED) is 0.571. The van der Waals surface area contributed by atoms with E-state index < -0.39 is 42.4 Å². The molecule has 23 heavy (non-hydrogen) atoms. The van der Waals surface area contributed by atoms with Gasteiger partial charge in [-0.1, -0.05) is 0 Å². The zero-order chi connectivity index (χ0) is 17.0. The van der Waals surface area contributed by atoms with E-state index in [4.69, 9.17) is 18.9 Å². The molecule has 1 aliphatic heterocycles. The Hall–Kier alpha value is -2.42. The highest BCUT2D eigenvalue weighted by Gasteiger charge is 2.47. The molecule has 2 heterocycles. The highest BCUT2D eigenvalue weighted by molar-refractivity contribution is 5.68. The van der Waals surface area contributed by atoms with Gasteiger partial charge in [-0.25, -0.2) is 4.98 Å². The predicted molar refractivity (Wildman–Crippen MR) is 73.9 cm³/mol. The van der Waals surface area contributed by atoms with Crippen LogP contribution < -0.4 is 0 Å². The van der Waals surface area contributed by atoms with Crippen LogP contribution in [0.15, 0.2) is 18.7 Å². The van der Waals surface area contributed by atoms with Crippen molar-refractivity contribution < 1.29 is 33.3 Å². The number of hydrogen-bond donors (Lipinski definition) is 0. The van der Waals surface area contributed by atoms with Gasteiger partial charge in [-0.15, -0.1) is 0 Å². The van der Waals surface area contributed by atoms with Crippen molar-refractivity contribution in [2.75, 3.05) is 6.61 Å². The first-order valence-electron chi connectivity index (χ1n) is 6.99. The highest BCUT2D eigenvalue weighted by Crippen LogP contribution is 2.30. The molecule has 9 heteroatoms. The number of nitrogens with zero attached hydrogens (tertiary/aromatic N) is 2. The maximum Gasteiger partial charge on any atom is 0.303 e. The van der Waals surface area contributed by atoms with Crippen molar-refractivity contribution in [2.24, 2.45) is 0 Å². The number of ether oxygens (including phenoxy) is 4. The normalized spacial score (nSPS) is 27.1. The number of carbonyl (C=O) groups is 3. The van der Waals surface area contributed by atoms with E-state index in [1.807, 2.05) is 0 Å². The standard InChI is InChI=1S/C14H18N2O7/c1-8(17)21-11-6-20-14(16-5-4-15-7-16)13(23-10(3)19)12(11)22-9(2)18/h4-5,7,11-14H,6H2,1-3H3/t11-,12+,13-,14-/m1/s1. The average molecular weight is 326 g/mol. The summed E-state index contributed by atoms with van der Waals surface area (Å²) in [5.74, 6) is -1.72. The SMILES string of the molecule is CC(=O)O[C@@H]1[C@@H](OC(C)=O)[C@H](OC(C)=O)CO[C@H]1n1ccnc1. The molecular formula is C14H18N2O7. The first kappa shape index (κ1) is 16.9. The van der Waals surface area contributed by atoms with Crippen LogP contribution in [-0.2, 0) is 33.3 Å². The monoisotopic (exact) mass is 326 g/mol. The molecule has 0 saturated carbocycles. The number of rotatable bonds is 4. The molecule has 0 N–H and O–H groups in total. The second-order valence-electron chi connectivity index (χ2n) is 5.03. The maximum absolute atomic E-state index is 11.4. The third-order valence-corrected chi connectivity index (χ3v) is 3.14. The van der Waals surface area contributed by atoms with E-state index in [0.29, 0.717) is 0 Å². The van der Waals surface area contributed by atoms with Crippen molar-refractivity contribution in [3.63, 3.8) is 0 Å². The van der Waals surface area contributed by atoms with Crippen LogP contribution in [0.4, 0.5) is 0 Å². The van der Waals surface area contributed by atoms with Crippen LogP contribution >= 0.6 is 0 Å². The third-order valence-electron chi connectivity index (χ3n) is 3.14.